The van der Waals surface area contributed by atoms with Gasteiger partial charge in [-0.05, 0) is 43.2 Å². The Morgan fingerprint density at radius 2 is 1.76 bits per heavy atom. The van der Waals surface area contributed by atoms with Crippen LogP contribution in [-0.4, -0.2) is 17.1 Å². The third-order valence-electron chi connectivity index (χ3n) is 3.25. The van der Waals surface area contributed by atoms with Crippen molar-refractivity contribution in [2.75, 3.05) is 0 Å². The molecule has 0 aliphatic rings. The first kappa shape index (κ1) is 15.2. The maximum absolute atomic E-state index is 12.8. The Labute approximate surface area is 123 Å². The summed E-state index contributed by atoms with van der Waals surface area (Å²) in [7, 11) is 0. The molecule has 4 heteroatoms. The molecule has 0 saturated carbocycles. The van der Waals surface area contributed by atoms with Gasteiger partial charge in [-0.25, -0.2) is 4.39 Å². The predicted molar refractivity (Wildman–Crippen MR) is 79.3 cm³/mol. The zero-order valence-corrected chi connectivity index (χ0v) is 11.8. The number of halogens is 1. The van der Waals surface area contributed by atoms with Gasteiger partial charge in [-0.1, -0.05) is 30.3 Å². The van der Waals surface area contributed by atoms with Crippen LogP contribution in [-0.2, 0) is 0 Å². The maximum Gasteiger partial charge on any atom is 0.251 e. The van der Waals surface area contributed by atoms with Crippen molar-refractivity contribution in [3.8, 4) is 0 Å². The summed E-state index contributed by atoms with van der Waals surface area (Å²) < 4.78 is 12.8. The van der Waals surface area contributed by atoms with Crippen LogP contribution in [0.4, 0.5) is 4.39 Å². The molecule has 21 heavy (non-hydrogen) atoms. The number of nitrogens with one attached hydrogen (secondary N) is 1. The van der Waals surface area contributed by atoms with Gasteiger partial charge in [0.1, 0.15) is 5.82 Å². The minimum atomic E-state index is -0.630. The molecule has 0 heterocycles. The molecule has 110 valence electrons. The Hall–Kier alpha value is -2.20. The number of amides is 1. The summed E-state index contributed by atoms with van der Waals surface area (Å²) in [5.74, 6) is -0.651. The fraction of sp³-hybridized carbons (Fsp3) is 0.235. The summed E-state index contributed by atoms with van der Waals surface area (Å²) in [4.78, 5) is 12.0. The molecule has 0 aliphatic heterocycles. The third-order valence-corrected chi connectivity index (χ3v) is 3.25. The lowest BCUT2D eigenvalue weighted by Crippen LogP contribution is -2.33. The van der Waals surface area contributed by atoms with E-state index in [1.165, 1.54) is 24.3 Å². The number of carbonyl (C=O) groups excluding carboxylic acids is 1. The van der Waals surface area contributed by atoms with Gasteiger partial charge in [0.05, 0.1) is 6.10 Å². The van der Waals surface area contributed by atoms with Crippen LogP contribution in [0.15, 0.2) is 54.6 Å². The highest BCUT2D eigenvalue weighted by molar-refractivity contribution is 5.94. The standard InChI is InChI=1S/C17H18FNO2/c1-12(11-16(20)13-5-3-2-4-6-13)19-17(21)14-7-9-15(18)10-8-14/h2-10,12,16,20H,11H2,1H3,(H,19,21)/t12-,16+/m0/s1. The average Bonchev–Trinajstić information content (AvgIpc) is 2.48. The van der Waals surface area contributed by atoms with E-state index in [2.05, 4.69) is 5.32 Å². The number of aliphatic hydroxyl groups excluding tert-OH is 1. The number of hydrogen-bond acceptors (Lipinski definition) is 2. The minimum Gasteiger partial charge on any atom is -0.388 e. The van der Waals surface area contributed by atoms with Gasteiger partial charge in [0.15, 0.2) is 0 Å². The van der Waals surface area contributed by atoms with Crippen LogP contribution in [0.2, 0.25) is 0 Å². The van der Waals surface area contributed by atoms with Crippen molar-refractivity contribution >= 4 is 5.91 Å². The van der Waals surface area contributed by atoms with Crippen molar-refractivity contribution in [1.82, 2.24) is 5.32 Å². The summed E-state index contributed by atoms with van der Waals surface area (Å²) in [6, 6.07) is 14.5. The molecular formula is C17H18FNO2. The summed E-state index contributed by atoms with van der Waals surface area (Å²) in [6.45, 7) is 1.83. The summed E-state index contributed by atoms with van der Waals surface area (Å²) >= 11 is 0. The minimum absolute atomic E-state index is 0.197. The maximum atomic E-state index is 12.8. The van der Waals surface area contributed by atoms with E-state index in [4.69, 9.17) is 0 Å². The van der Waals surface area contributed by atoms with Gasteiger partial charge in [0.25, 0.3) is 5.91 Å². The molecule has 0 radical (unpaired) electrons. The van der Waals surface area contributed by atoms with Gasteiger partial charge in [0, 0.05) is 11.6 Å². The van der Waals surface area contributed by atoms with Crippen molar-refractivity contribution in [2.24, 2.45) is 0 Å². The van der Waals surface area contributed by atoms with Crippen molar-refractivity contribution in [2.45, 2.75) is 25.5 Å². The number of benzene rings is 2. The Balaban J connectivity index is 1.91. The largest absolute Gasteiger partial charge is 0.388 e. The molecule has 0 bridgehead atoms. The van der Waals surface area contributed by atoms with Crippen molar-refractivity contribution in [1.29, 1.82) is 0 Å². The van der Waals surface area contributed by atoms with Crippen molar-refractivity contribution in [3.05, 3.63) is 71.5 Å². The lowest BCUT2D eigenvalue weighted by Gasteiger charge is -2.18. The smallest absolute Gasteiger partial charge is 0.251 e. The van der Waals surface area contributed by atoms with Crippen molar-refractivity contribution < 1.29 is 14.3 Å². The molecule has 0 unspecified atom stereocenters. The molecule has 2 aromatic carbocycles. The van der Waals surface area contributed by atoms with Crippen LogP contribution in [0, 0.1) is 5.82 Å². The second-order valence-electron chi connectivity index (χ2n) is 5.04. The highest BCUT2D eigenvalue weighted by Crippen LogP contribution is 2.17. The Bertz CT molecular complexity index is 583. The van der Waals surface area contributed by atoms with E-state index in [-0.39, 0.29) is 17.8 Å². The zero-order valence-electron chi connectivity index (χ0n) is 11.8. The normalized spacial score (nSPS) is 13.5. The second-order valence-corrected chi connectivity index (χ2v) is 5.04. The monoisotopic (exact) mass is 287 g/mol. The van der Waals surface area contributed by atoms with E-state index in [1.807, 2.05) is 37.3 Å². The van der Waals surface area contributed by atoms with Crippen LogP contribution in [0.3, 0.4) is 0 Å². The van der Waals surface area contributed by atoms with Crippen molar-refractivity contribution in [3.63, 3.8) is 0 Å². The number of aliphatic hydroxyl groups is 1. The first-order valence-corrected chi connectivity index (χ1v) is 6.85. The van der Waals surface area contributed by atoms with E-state index >= 15 is 0 Å². The molecular weight excluding hydrogens is 269 g/mol. The van der Waals surface area contributed by atoms with Crippen LogP contribution < -0.4 is 5.32 Å². The van der Waals surface area contributed by atoms with Gasteiger partial charge in [-0.2, -0.15) is 0 Å². The second kappa shape index (κ2) is 6.99. The predicted octanol–water partition coefficient (Wildman–Crippen LogP) is 3.07. The summed E-state index contributed by atoms with van der Waals surface area (Å²) in [5, 5.41) is 12.9. The van der Waals surface area contributed by atoms with Crippen LogP contribution >= 0.6 is 0 Å². The molecule has 0 aromatic heterocycles. The fourth-order valence-corrected chi connectivity index (χ4v) is 2.11. The Morgan fingerprint density at radius 3 is 2.38 bits per heavy atom. The fourth-order valence-electron chi connectivity index (χ4n) is 2.11. The zero-order chi connectivity index (χ0) is 15.2. The molecule has 2 rings (SSSR count). The first-order valence-electron chi connectivity index (χ1n) is 6.85. The Kier molecular flexibility index (Phi) is 5.06. The lowest BCUT2D eigenvalue weighted by atomic mass is 10.0. The molecule has 2 N–H and O–H groups in total. The van der Waals surface area contributed by atoms with Crippen LogP contribution in [0.25, 0.3) is 0 Å². The molecule has 0 fully saturated rings. The van der Waals surface area contributed by atoms with Gasteiger partial charge >= 0.3 is 0 Å². The summed E-state index contributed by atoms with van der Waals surface area (Å²) in [6.07, 6.45) is -0.216. The van der Waals surface area contributed by atoms with Crippen LogP contribution in [0.1, 0.15) is 35.4 Å². The van der Waals surface area contributed by atoms with E-state index in [9.17, 15) is 14.3 Å². The molecule has 2 aromatic rings. The number of carbonyl (C=O) groups is 1. The van der Waals surface area contributed by atoms with E-state index in [0.717, 1.165) is 5.56 Å². The molecule has 3 nitrogen and oxygen atoms in total. The van der Waals surface area contributed by atoms with Crippen LogP contribution in [0.5, 0.6) is 0 Å². The topological polar surface area (TPSA) is 49.3 Å². The third kappa shape index (κ3) is 4.39. The quantitative estimate of drug-likeness (QED) is 0.888. The molecule has 0 saturated heterocycles. The summed E-state index contributed by atoms with van der Waals surface area (Å²) in [5.41, 5.74) is 1.22. The van der Waals surface area contributed by atoms with E-state index in [0.29, 0.717) is 12.0 Å². The van der Waals surface area contributed by atoms with E-state index in [1.54, 1.807) is 0 Å². The first-order chi connectivity index (χ1) is 10.1. The van der Waals surface area contributed by atoms with Gasteiger partial charge in [-0.15, -0.1) is 0 Å². The van der Waals surface area contributed by atoms with Gasteiger partial charge in [0.2, 0.25) is 0 Å². The molecule has 0 aliphatic carbocycles. The van der Waals surface area contributed by atoms with Gasteiger partial charge in [-0.3, -0.25) is 4.79 Å². The molecule has 2 atom stereocenters. The van der Waals surface area contributed by atoms with E-state index < -0.39 is 6.10 Å². The highest BCUT2D eigenvalue weighted by Gasteiger charge is 2.15. The number of hydrogen-bond donors (Lipinski definition) is 2. The molecule has 1 amide bonds. The SMILES string of the molecule is C[C@@H](C[C@@H](O)c1ccccc1)NC(=O)c1ccc(F)cc1. The van der Waals surface area contributed by atoms with Gasteiger partial charge < -0.3 is 10.4 Å². The lowest BCUT2D eigenvalue weighted by molar-refractivity contribution is 0.0917. The Morgan fingerprint density at radius 1 is 1.14 bits per heavy atom. The highest BCUT2D eigenvalue weighted by atomic mass is 19.1. The molecule has 0 spiro atoms. The number of rotatable bonds is 5. The average molecular weight is 287 g/mol.